The topological polar surface area (TPSA) is 122 Å². The molecule has 0 saturated carbocycles. The minimum Gasteiger partial charge on any atom is -0.441 e. The number of rotatable bonds is 7. The van der Waals surface area contributed by atoms with Gasteiger partial charge in [-0.1, -0.05) is 29.8 Å². The summed E-state index contributed by atoms with van der Waals surface area (Å²) in [6.07, 6.45) is 1.76. The van der Waals surface area contributed by atoms with E-state index < -0.39 is 21.8 Å². The van der Waals surface area contributed by atoms with Gasteiger partial charge in [0.25, 0.3) is 5.91 Å². The average molecular weight is 477 g/mol. The number of carbonyl (C=O) groups is 2. The molecule has 0 fully saturated rings. The van der Waals surface area contributed by atoms with Crippen LogP contribution in [0.25, 0.3) is 11.3 Å². The summed E-state index contributed by atoms with van der Waals surface area (Å²) in [5.41, 5.74) is 5.34. The van der Waals surface area contributed by atoms with Gasteiger partial charge in [-0.15, -0.1) is 0 Å². The summed E-state index contributed by atoms with van der Waals surface area (Å²) in [5.74, 6) is -0.269. The van der Waals surface area contributed by atoms with E-state index in [-0.39, 0.29) is 23.3 Å². The zero-order valence-electron chi connectivity index (χ0n) is 17.3. The molecule has 32 heavy (non-hydrogen) atoms. The Morgan fingerprint density at radius 3 is 2.56 bits per heavy atom. The number of sulfonamides is 1. The van der Waals surface area contributed by atoms with Gasteiger partial charge in [0.15, 0.2) is 11.7 Å². The Labute approximate surface area is 190 Å². The number of hydrazine groups is 1. The fraction of sp³-hybridized carbons (Fsp3) is 0.190. The maximum absolute atomic E-state index is 12.3. The second kappa shape index (κ2) is 9.94. The van der Waals surface area contributed by atoms with Crippen LogP contribution in [-0.2, 0) is 21.2 Å². The molecule has 168 valence electrons. The normalized spacial score (nSPS) is 11.4. The first-order valence-corrected chi connectivity index (χ1v) is 11.3. The second-order valence-corrected chi connectivity index (χ2v) is 9.47. The lowest BCUT2D eigenvalue weighted by atomic mass is 10.2. The van der Waals surface area contributed by atoms with Crippen LogP contribution in [-0.4, -0.2) is 43.6 Å². The van der Waals surface area contributed by atoms with Crippen LogP contribution < -0.4 is 10.9 Å². The summed E-state index contributed by atoms with van der Waals surface area (Å²) in [6, 6.07) is 12.7. The Balaban J connectivity index is 1.54. The highest BCUT2D eigenvalue weighted by atomic mass is 35.5. The van der Waals surface area contributed by atoms with Crippen LogP contribution >= 0.6 is 11.6 Å². The first-order valence-electron chi connectivity index (χ1n) is 9.50. The number of halogens is 1. The molecule has 0 aliphatic carbocycles. The smallest absolute Gasteiger partial charge is 0.269 e. The van der Waals surface area contributed by atoms with Crippen molar-refractivity contribution in [1.29, 1.82) is 0 Å². The van der Waals surface area contributed by atoms with Crippen LogP contribution in [0.15, 0.2) is 64.0 Å². The number of nitrogens with one attached hydrogen (secondary N) is 2. The first-order chi connectivity index (χ1) is 15.2. The van der Waals surface area contributed by atoms with Crippen LogP contribution in [0.5, 0.6) is 0 Å². The molecule has 0 radical (unpaired) electrons. The first kappa shape index (κ1) is 23.5. The summed E-state index contributed by atoms with van der Waals surface area (Å²) in [4.78, 5) is 28.5. The van der Waals surface area contributed by atoms with E-state index in [0.717, 1.165) is 4.31 Å². The van der Waals surface area contributed by atoms with E-state index in [1.807, 2.05) is 6.07 Å². The van der Waals surface area contributed by atoms with Crippen molar-refractivity contribution in [2.75, 3.05) is 14.1 Å². The molecule has 1 heterocycles. The van der Waals surface area contributed by atoms with Gasteiger partial charge < -0.3 is 4.42 Å². The quantitative estimate of drug-likeness (QED) is 0.505. The number of hydrogen-bond donors (Lipinski definition) is 2. The summed E-state index contributed by atoms with van der Waals surface area (Å²) in [7, 11) is -0.891. The highest BCUT2D eigenvalue weighted by Crippen LogP contribution is 2.28. The largest absolute Gasteiger partial charge is 0.441 e. The van der Waals surface area contributed by atoms with Crippen molar-refractivity contribution in [3.63, 3.8) is 0 Å². The third kappa shape index (κ3) is 5.52. The standard InChI is InChI=1S/C21H21ClN4O5S/c1-26(2)32(29,30)15-7-5-6-14(12-15)21(28)25-24-19(27)10-11-20-23-13-18(31-20)16-8-3-4-9-17(16)22/h3-9,12-13H,10-11H2,1-2H3,(H,24,27)(H,25,28). The Kier molecular flexibility index (Phi) is 7.29. The molecule has 9 nitrogen and oxygen atoms in total. The lowest BCUT2D eigenvalue weighted by Crippen LogP contribution is -2.41. The van der Waals surface area contributed by atoms with E-state index in [2.05, 4.69) is 15.8 Å². The molecule has 0 atom stereocenters. The van der Waals surface area contributed by atoms with Gasteiger partial charge in [-0.2, -0.15) is 0 Å². The molecule has 2 amide bonds. The average Bonchev–Trinajstić information content (AvgIpc) is 3.25. The number of benzene rings is 2. The van der Waals surface area contributed by atoms with Crippen molar-refractivity contribution in [2.24, 2.45) is 0 Å². The maximum atomic E-state index is 12.3. The predicted molar refractivity (Wildman–Crippen MR) is 118 cm³/mol. The zero-order chi connectivity index (χ0) is 23.3. The van der Waals surface area contributed by atoms with Gasteiger partial charge >= 0.3 is 0 Å². The summed E-state index contributed by atoms with van der Waals surface area (Å²) >= 11 is 6.14. The van der Waals surface area contributed by atoms with E-state index in [1.165, 1.54) is 44.6 Å². The molecule has 0 aliphatic rings. The van der Waals surface area contributed by atoms with Gasteiger partial charge in [-0.3, -0.25) is 20.4 Å². The number of aromatic nitrogens is 1. The number of hydrogen-bond acceptors (Lipinski definition) is 6. The van der Waals surface area contributed by atoms with Crippen molar-refractivity contribution < 1.29 is 22.4 Å². The van der Waals surface area contributed by atoms with Crippen LogP contribution in [0.4, 0.5) is 0 Å². The monoisotopic (exact) mass is 476 g/mol. The van der Waals surface area contributed by atoms with Crippen molar-refractivity contribution >= 4 is 33.4 Å². The highest BCUT2D eigenvalue weighted by Gasteiger charge is 2.19. The Morgan fingerprint density at radius 2 is 1.84 bits per heavy atom. The molecule has 0 aliphatic heterocycles. The van der Waals surface area contributed by atoms with Gasteiger partial charge in [0.05, 0.1) is 16.1 Å². The SMILES string of the molecule is CN(C)S(=O)(=O)c1cccc(C(=O)NNC(=O)CCc2ncc(-c3ccccc3Cl)o2)c1. The zero-order valence-corrected chi connectivity index (χ0v) is 18.9. The van der Waals surface area contributed by atoms with Crippen LogP contribution in [0.3, 0.4) is 0 Å². The Morgan fingerprint density at radius 1 is 1.09 bits per heavy atom. The number of nitrogens with zero attached hydrogens (tertiary/aromatic N) is 2. The molecule has 2 N–H and O–H groups in total. The van der Waals surface area contributed by atoms with Crippen molar-refractivity contribution in [2.45, 2.75) is 17.7 Å². The molecule has 2 aromatic carbocycles. The van der Waals surface area contributed by atoms with Gasteiger partial charge in [0, 0.05) is 38.1 Å². The van der Waals surface area contributed by atoms with Gasteiger partial charge in [-0.25, -0.2) is 17.7 Å². The van der Waals surface area contributed by atoms with Gasteiger partial charge in [0.2, 0.25) is 15.9 Å². The van der Waals surface area contributed by atoms with E-state index >= 15 is 0 Å². The lowest BCUT2D eigenvalue weighted by Gasteiger charge is -2.12. The molecule has 0 unspecified atom stereocenters. The molecule has 3 rings (SSSR count). The summed E-state index contributed by atoms with van der Waals surface area (Å²) in [6.45, 7) is 0. The summed E-state index contributed by atoms with van der Waals surface area (Å²) < 4.78 is 31.1. The van der Waals surface area contributed by atoms with Gasteiger partial charge in [-0.05, 0) is 30.3 Å². The Bertz CT molecular complexity index is 1240. The maximum Gasteiger partial charge on any atom is 0.269 e. The third-order valence-electron chi connectivity index (χ3n) is 4.45. The highest BCUT2D eigenvalue weighted by molar-refractivity contribution is 7.89. The molecule has 0 saturated heterocycles. The van der Waals surface area contributed by atoms with E-state index in [9.17, 15) is 18.0 Å². The predicted octanol–water partition coefficient (Wildman–Crippen LogP) is 2.64. The Hall–Kier alpha value is -3.21. The van der Waals surface area contributed by atoms with Gasteiger partial charge in [0.1, 0.15) is 0 Å². The molecular weight excluding hydrogens is 456 g/mol. The fourth-order valence-electron chi connectivity index (χ4n) is 2.70. The van der Waals surface area contributed by atoms with E-state index in [1.54, 1.807) is 18.2 Å². The molecular formula is C21H21ClN4O5S. The van der Waals surface area contributed by atoms with Crippen LogP contribution in [0, 0.1) is 0 Å². The van der Waals surface area contributed by atoms with Crippen molar-refractivity contribution in [3.8, 4) is 11.3 Å². The van der Waals surface area contributed by atoms with Crippen molar-refractivity contribution in [1.82, 2.24) is 20.1 Å². The minimum absolute atomic E-state index is 0.0117. The fourth-order valence-corrected chi connectivity index (χ4v) is 3.88. The summed E-state index contributed by atoms with van der Waals surface area (Å²) in [5, 5.41) is 0.526. The minimum atomic E-state index is -3.68. The molecule has 0 spiro atoms. The van der Waals surface area contributed by atoms with E-state index in [4.69, 9.17) is 16.0 Å². The number of aryl methyl sites for hydroxylation is 1. The van der Waals surface area contributed by atoms with Crippen LogP contribution in [0.1, 0.15) is 22.7 Å². The molecule has 0 bridgehead atoms. The number of oxazole rings is 1. The number of carbonyl (C=O) groups excluding carboxylic acids is 2. The van der Waals surface area contributed by atoms with Crippen LogP contribution in [0.2, 0.25) is 5.02 Å². The molecule has 1 aromatic heterocycles. The van der Waals surface area contributed by atoms with Crippen molar-refractivity contribution in [3.05, 3.63) is 71.2 Å². The molecule has 3 aromatic rings. The third-order valence-corrected chi connectivity index (χ3v) is 6.59. The lowest BCUT2D eigenvalue weighted by molar-refractivity contribution is -0.121. The number of amides is 2. The van der Waals surface area contributed by atoms with E-state index in [0.29, 0.717) is 22.2 Å². The second-order valence-electron chi connectivity index (χ2n) is 6.92. The molecule has 11 heteroatoms.